The number of carbonyl (C=O) groups is 1. The standard InChI is InChI=1S/C28H30N2O2S/c1-5-6-7-8-15-30-26-13-11-22(19(2)28-10-9-16-33-28)17-24(26)25-18-23(12-14-27(25)30)20(3)29-32-21(4)31/h9-14,16-18H,2,5-8,15H2,1,3-4H3/b29-20+. The minimum Gasteiger partial charge on any atom is -0.340 e. The summed E-state index contributed by atoms with van der Waals surface area (Å²) in [7, 11) is 0. The molecule has 170 valence electrons. The van der Waals surface area contributed by atoms with E-state index in [2.05, 4.69) is 77.1 Å². The molecule has 0 N–H and O–H groups in total. The first-order valence-corrected chi connectivity index (χ1v) is 12.4. The molecule has 0 amide bonds. The maximum atomic E-state index is 11.2. The quantitative estimate of drug-likeness (QED) is 0.111. The van der Waals surface area contributed by atoms with Crippen LogP contribution in [0.15, 0.2) is 65.6 Å². The molecule has 33 heavy (non-hydrogen) atoms. The number of hydrogen-bond acceptors (Lipinski definition) is 4. The summed E-state index contributed by atoms with van der Waals surface area (Å²) >= 11 is 1.71. The summed E-state index contributed by atoms with van der Waals surface area (Å²) in [5.41, 5.74) is 6.23. The van der Waals surface area contributed by atoms with Crippen LogP contribution in [0.3, 0.4) is 0 Å². The highest BCUT2D eigenvalue weighted by Gasteiger charge is 2.14. The van der Waals surface area contributed by atoms with Crippen molar-refractivity contribution >= 4 is 50.4 Å². The second-order valence-corrected chi connectivity index (χ2v) is 9.34. The van der Waals surface area contributed by atoms with Crippen LogP contribution in [0.4, 0.5) is 0 Å². The molecule has 0 spiro atoms. The molecule has 2 aromatic carbocycles. The van der Waals surface area contributed by atoms with Crippen molar-refractivity contribution in [3.8, 4) is 0 Å². The molecule has 4 nitrogen and oxygen atoms in total. The molecule has 5 heteroatoms. The Balaban J connectivity index is 1.82. The predicted molar refractivity (Wildman–Crippen MR) is 140 cm³/mol. The molecule has 0 aliphatic carbocycles. The van der Waals surface area contributed by atoms with Crippen LogP contribution >= 0.6 is 11.3 Å². The third-order valence-corrected chi connectivity index (χ3v) is 6.93. The number of fused-ring (bicyclic) bond motifs is 3. The number of rotatable bonds is 9. The second kappa shape index (κ2) is 10.2. The normalized spacial score (nSPS) is 11.9. The molecule has 0 fully saturated rings. The van der Waals surface area contributed by atoms with Crippen LogP contribution in [-0.4, -0.2) is 16.2 Å². The van der Waals surface area contributed by atoms with Gasteiger partial charge in [-0.1, -0.05) is 56.1 Å². The summed E-state index contributed by atoms with van der Waals surface area (Å²) < 4.78 is 2.43. The SMILES string of the molecule is C=C(c1ccc2c(c1)c1cc(/C(C)=N/OC(C)=O)ccc1n2CCCCCC)c1cccs1. The number of thiophene rings is 1. The molecule has 0 aliphatic heterocycles. The van der Waals surface area contributed by atoms with Crippen molar-refractivity contribution in [1.29, 1.82) is 0 Å². The lowest BCUT2D eigenvalue weighted by molar-refractivity contribution is -0.140. The van der Waals surface area contributed by atoms with Gasteiger partial charge < -0.3 is 9.40 Å². The second-order valence-electron chi connectivity index (χ2n) is 8.39. The molecule has 0 atom stereocenters. The van der Waals surface area contributed by atoms with Crippen LogP contribution in [0.2, 0.25) is 0 Å². The highest BCUT2D eigenvalue weighted by atomic mass is 32.1. The first-order valence-electron chi connectivity index (χ1n) is 11.5. The van der Waals surface area contributed by atoms with Gasteiger partial charge in [-0.2, -0.15) is 0 Å². The van der Waals surface area contributed by atoms with Gasteiger partial charge in [0, 0.05) is 40.2 Å². The highest BCUT2D eigenvalue weighted by molar-refractivity contribution is 7.11. The van der Waals surface area contributed by atoms with Gasteiger partial charge in [0.05, 0.1) is 5.71 Å². The largest absolute Gasteiger partial charge is 0.340 e. The fourth-order valence-corrected chi connectivity index (χ4v) is 4.95. The number of carbonyl (C=O) groups excluding carboxylic acids is 1. The summed E-state index contributed by atoms with van der Waals surface area (Å²) in [4.78, 5) is 17.2. The van der Waals surface area contributed by atoms with Gasteiger partial charge in [-0.3, -0.25) is 0 Å². The Morgan fingerprint density at radius 3 is 2.33 bits per heavy atom. The van der Waals surface area contributed by atoms with Crippen molar-refractivity contribution in [3.05, 3.63) is 76.5 Å². The molecule has 0 unspecified atom stereocenters. The minimum atomic E-state index is -0.421. The van der Waals surface area contributed by atoms with Crippen molar-refractivity contribution in [2.75, 3.05) is 0 Å². The van der Waals surface area contributed by atoms with E-state index in [1.807, 2.05) is 6.92 Å². The molecule has 0 radical (unpaired) electrons. The lowest BCUT2D eigenvalue weighted by atomic mass is 10.0. The van der Waals surface area contributed by atoms with Gasteiger partial charge in [0.15, 0.2) is 0 Å². The summed E-state index contributed by atoms with van der Waals surface area (Å²) in [6.45, 7) is 10.8. The van der Waals surface area contributed by atoms with Gasteiger partial charge in [-0.05, 0) is 65.8 Å². The van der Waals surface area contributed by atoms with Crippen molar-refractivity contribution in [2.24, 2.45) is 5.16 Å². The smallest absolute Gasteiger partial charge is 0.331 e. The van der Waals surface area contributed by atoms with Crippen molar-refractivity contribution in [2.45, 2.75) is 53.0 Å². The number of nitrogens with zero attached hydrogens (tertiary/aromatic N) is 2. The zero-order valence-corrected chi connectivity index (χ0v) is 20.4. The Bertz CT molecular complexity index is 1330. The summed E-state index contributed by atoms with van der Waals surface area (Å²) in [6.07, 6.45) is 4.88. The Morgan fingerprint density at radius 1 is 1.00 bits per heavy atom. The first kappa shape index (κ1) is 23.0. The van der Waals surface area contributed by atoms with Crippen molar-refractivity contribution < 1.29 is 9.63 Å². The van der Waals surface area contributed by atoms with Gasteiger partial charge >= 0.3 is 5.97 Å². The van der Waals surface area contributed by atoms with E-state index in [1.165, 1.54) is 52.9 Å². The zero-order chi connectivity index (χ0) is 23.4. The number of hydrogen-bond donors (Lipinski definition) is 0. The van der Waals surface area contributed by atoms with Crippen LogP contribution in [-0.2, 0) is 16.2 Å². The molecule has 4 rings (SSSR count). The van der Waals surface area contributed by atoms with E-state index in [0.717, 1.165) is 29.7 Å². The lowest BCUT2D eigenvalue weighted by Crippen LogP contribution is -2.00. The van der Waals surface area contributed by atoms with E-state index in [4.69, 9.17) is 4.84 Å². The van der Waals surface area contributed by atoms with Crippen LogP contribution < -0.4 is 0 Å². The first-order chi connectivity index (χ1) is 16.0. The number of benzene rings is 2. The van der Waals surface area contributed by atoms with Crippen LogP contribution in [0.1, 0.15) is 62.5 Å². The maximum Gasteiger partial charge on any atom is 0.331 e. The molecular formula is C28H30N2O2S. The van der Waals surface area contributed by atoms with Crippen LogP contribution in [0.5, 0.6) is 0 Å². The number of unbranched alkanes of at least 4 members (excludes halogenated alkanes) is 3. The average Bonchev–Trinajstić information content (AvgIpc) is 3.46. The Labute approximate surface area is 199 Å². The van der Waals surface area contributed by atoms with E-state index in [1.54, 1.807) is 11.3 Å². The summed E-state index contributed by atoms with van der Waals surface area (Å²) in [5, 5.41) is 8.45. The third kappa shape index (κ3) is 4.93. The minimum absolute atomic E-state index is 0.421. The van der Waals surface area contributed by atoms with Crippen LogP contribution in [0, 0.1) is 0 Å². The maximum absolute atomic E-state index is 11.2. The lowest BCUT2D eigenvalue weighted by Gasteiger charge is -2.09. The fourth-order valence-electron chi connectivity index (χ4n) is 4.23. The number of aromatic nitrogens is 1. The Hall–Kier alpha value is -3.18. The zero-order valence-electron chi connectivity index (χ0n) is 19.6. The van der Waals surface area contributed by atoms with Crippen LogP contribution in [0.25, 0.3) is 27.4 Å². The average molecular weight is 459 g/mol. The van der Waals surface area contributed by atoms with Gasteiger partial charge in [0.2, 0.25) is 0 Å². The third-order valence-electron chi connectivity index (χ3n) is 6.00. The fraction of sp³-hybridized carbons (Fsp3) is 0.286. The molecule has 4 aromatic rings. The molecular weight excluding hydrogens is 428 g/mol. The molecule has 2 heterocycles. The van der Waals surface area contributed by atoms with Gasteiger partial charge in [-0.25, -0.2) is 4.79 Å². The number of aryl methyl sites for hydroxylation is 1. The Morgan fingerprint density at radius 2 is 1.70 bits per heavy atom. The van der Waals surface area contributed by atoms with Crippen molar-refractivity contribution in [3.63, 3.8) is 0 Å². The summed E-state index contributed by atoms with van der Waals surface area (Å²) in [6, 6.07) is 17.2. The van der Waals surface area contributed by atoms with Crippen molar-refractivity contribution in [1.82, 2.24) is 4.57 Å². The molecule has 2 aromatic heterocycles. The number of oxime groups is 1. The van der Waals surface area contributed by atoms with E-state index >= 15 is 0 Å². The monoisotopic (exact) mass is 458 g/mol. The predicted octanol–water partition coefficient (Wildman–Crippen LogP) is 7.78. The Kier molecular flexibility index (Phi) is 7.09. The van der Waals surface area contributed by atoms with E-state index in [0.29, 0.717) is 5.71 Å². The van der Waals surface area contributed by atoms with Gasteiger partial charge in [-0.15, -0.1) is 11.3 Å². The van der Waals surface area contributed by atoms with Gasteiger partial charge in [0.25, 0.3) is 0 Å². The molecule has 0 saturated carbocycles. The van der Waals surface area contributed by atoms with E-state index < -0.39 is 5.97 Å². The highest BCUT2D eigenvalue weighted by Crippen LogP contribution is 2.34. The molecule has 0 aliphatic rings. The van der Waals surface area contributed by atoms with E-state index in [9.17, 15) is 4.79 Å². The van der Waals surface area contributed by atoms with E-state index in [-0.39, 0.29) is 0 Å². The van der Waals surface area contributed by atoms with Gasteiger partial charge in [0.1, 0.15) is 0 Å². The molecule has 0 bridgehead atoms. The molecule has 0 saturated heterocycles. The summed E-state index contributed by atoms with van der Waals surface area (Å²) in [5.74, 6) is -0.421. The topological polar surface area (TPSA) is 43.6 Å².